The summed E-state index contributed by atoms with van der Waals surface area (Å²) in [5.74, 6) is -2.82. The Bertz CT molecular complexity index is 997. The van der Waals surface area contributed by atoms with Gasteiger partial charge >= 0.3 is 12.1 Å². The minimum Gasteiger partial charge on any atom is -0.462 e. The number of nitrogens with zero attached hydrogens (tertiary/aromatic N) is 2. The molecule has 3 N–H and O–H groups in total. The number of hydrogen-bond acceptors (Lipinski definition) is 6. The molecule has 0 radical (unpaired) electrons. The normalized spacial score (nSPS) is 12.5. The molecule has 1 unspecified atom stereocenters. The van der Waals surface area contributed by atoms with Crippen molar-refractivity contribution in [2.45, 2.75) is 46.8 Å². The number of amides is 2. The topological polar surface area (TPSA) is 116 Å². The fourth-order valence-corrected chi connectivity index (χ4v) is 3.81. The molecule has 2 amide bonds. The summed E-state index contributed by atoms with van der Waals surface area (Å²) in [7, 11) is 0. The van der Waals surface area contributed by atoms with Crippen LogP contribution in [0.15, 0.2) is 6.07 Å². The average molecular weight is 460 g/mol. The molecule has 0 aromatic carbocycles. The van der Waals surface area contributed by atoms with Gasteiger partial charge in [-0.3, -0.25) is 14.3 Å². The van der Waals surface area contributed by atoms with Gasteiger partial charge in [0, 0.05) is 5.69 Å². The third-order valence-electron chi connectivity index (χ3n) is 4.41. The Labute approximate surface area is 180 Å². The van der Waals surface area contributed by atoms with Crippen LogP contribution in [0.5, 0.6) is 0 Å². The first-order chi connectivity index (χ1) is 14.4. The van der Waals surface area contributed by atoms with E-state index in [4.69, 9.17) is 10.5 Å². The van der Waals surface area contributed by atoms with E-state index in [0.717, 1.165) is 22.1 Å². The van der Waals surface area contributed by atoms with E-state index in [0.29, 0.717) is 12.0 Å². The number of nitrogens with one attached hydrogen (secondary N) is 1. The highest BCUT2D eigenvalue weighted by molar-refractivity contribution is 7.18. The van der Waals surface area contributed by atoms with Gasteiger partial charge in [0.05, 0.1) is 29.5 Å². The molecule has 0 aliphatic carbocycles. The zero-order valence-electron chi connectivity index (χ0n) is 17.4. The second kappa shape index (κ2) is 9.50. The van der Waals surface area contributed by atoms with Gasteiger partial charge < -0.3 is 15.8 Å². The van der Waals surface area contributed by atoms with Crippen LogP contribution in [0.3, 0.4) is 0 Å². The minimum atomic E-state index is -4.59. The quantitative estimate of drug-likeness (QED) is 0.585. The van der Waals surface area contributed by atoms with Crippen LogP contribution in [-0.2, 0) is 22.3 Å². The van der Waals surface area contributed by atoms with E-state index in [1.54, 1.807) is 0 Å². The number of primary amides is 1. The van der Waals surface area contributed by atoms with Gasteiger partial charge in [-0.15, -0.1) is 11.3 Å². The molecule has 2 aromatic heterocycles. The van der Waals surface area contributed by atoms with Crippen LogP contribution in [0.25, 0.3) is 0 Å². The van der Waals surface area contributed by atoms with E-state index < -0.39 is 35.6 Å². The second-order valence-electron chi connectivity index (χ2n) is 7.00. The largest absolute Gasteiger partial charge is 0.462 e. The molecule has 170 valence electrons. The monoisotopic (exact) mass is 460 g/mol. The second-order valence-corrected chi connectivity index (χ2v) is 8.02. The molecule has 2 aromatic rings. The SMILES string of the molecule is CCCOC(=O)c1c(NC(=O)C(C)Cn2nc(C(F)(F)F)cc2C)sc(C(N)=O)c1C. The van der Waals surface area contributed by atoms with Gasteiger partial charge in [-0.25, -0.2) is 4.79 Å². The number of hydrogen-bond donors (Lipinski definition) is 2. The molecule has 0 spiro atoms. The Kier molecular flexibility index (Phi) is 7.47. The lowest BCUT2D eigenvalue weighted by Gasteiger charge is -2.14. The molecule has 2 rings (SSSR count). The van der Waals surface area contributed by atoms with Crippen molar-refractivity contribution in [3.63, 3.8) is 0 Å². The van der Waals surface area contributed by atoms with Crippen LogP contribution >= 0.6 is 11.3 Å². The van der Waals surface area contributed by atoms with Gasteiger partial charge in [-0.1, -0.05) is 13.8 Å². The Hall–Kier alpha value is -2.89. The zero-order chi connectivity index (χ0) is 23.5. The maximum atomic E-state index is 12.8. The van der Waals surface area contributed by atoms with Gasteiger partial charge in [0.25, 0.3) is 5.91 Å². The van der Waals surface area contributed by atoms with E-state index in [1.165, 1.54) is 20.8 Å². The van der Waals surface area contributed by atoms with Crippen molar-refractivity contribution in [2.75, 3.05) is 11.9 Å². The Morgan fingerprint density at radius 3 is 2.48 bits per heavy atom. The van der Waals surface area contributed by atoms with E-state index >= 15 is 0 Å². The lowest BCUT2D eigenvalue weighted by molar-refractivity contribution is -0.141. The number of carbonyl (C=O) groups is 3. The van der Waals surface area contributed by atoms with E-state index in [1.807, 2.05) is 6.92 Å². The highest BCUT2D eigenvalue weighted by Gasteiger charge is 2.35. The number of anilines is 1. The van der Waals surface area contributed by atoms with E-state index in [-0.39, 0.29) is 34.3 Å². The minimum absolute atomic E-state index is 0.0300. The molecule has 0 bridgehead atoms. The van der Waals surface area contributed by atoms with Crippen LogP contribution in [0, 0.1) is 19.8 Å². The maximum absolute atomic E-state index is 12.8. The maximum Gasteiger partial charge on any atom is 0.435 e. The molecule has 8 nitrogen and oxygen atoms in total. The summed E-state index contributed by atoms with van der Waals surface area (Å²) >= 11 is 0.840. The van der Waals surface area contributed by atoms with Gasteiger partial charge in [0.2, 0.25) is 5.91 Å². The van der Waals surface area contributed by atoms with E-state index in [9.17, 15) is 27.6 Å². The molecule has 0 aliphatic rings. The molecule has 0 saturated heterocycles. The van der Waals surface area contributed by atoms with Crippen LogP contribution in [0.4, 0.5) is 18.2 Å². The lowest BCUT2D eigenvalue weighted by Crippen LogP contribution is -2.26. The summed E-state index contributed by atoms with van der Waals surface area (Å²) in [6.07, 6.45) is -4.01. The highest BCUT2D eigenvalue weighted by atomic mass is 32.1. The lowest BCUT2D eigenvalue weighted by atomic mass is 10.1. The molecule has 0 saturated carbocycles. The number of thiophene rings is 1. The zero-order valence-corrected chi connectivity index (χ0v) is 18.2. The third-order valence-corrected chi connectivity index (χ3v) is 5.64. The predicted molar refractivity (Wildman–Crippen MR) is 108 cm³/mol. The van der Waals surface area contributed by atoms with Crippen LogP contribution < -0.4 is 11.1 Å². The summed E-state index contributed by atoms with van der Waals surface area (Å²) in [5, 5.41) is 6.17. The molecule has 0 fully saturated rings. The van der Waals surface area contributed by atoms with Gasteiger partial charge in [0.15, 0.2) is 5.69 Å². The molecule has 1 atom stereocenters. The molecule has 12 heteroatoms. The molecular formula is C19H23F3N4O4S. The summed E-state index contributed by atoms with van der Waals surface area (Å²) in [6, 6.07) is 0.897. The smallest absolute Gasteiger partial charge is 0.435 e. The highest BCUT2D eigenvalue weighted by Crippen LogP contribution is 2.34. The number of aryl methyl sites for hydroxylation is 1. The fourth-order valence-electron chi connectivity index (χ4n) is 2.76. The van der Waals surface area contributed by atoms with Gasteiger partial charge in [0.1, 0.15) is 5.00 Å². The number of ether oxygens (including phenoxy) is 1. The molecular weight excluding hydrogens is 437 g/mol. The number of carbonyl (C=O) groups excluding carboxylic acids is 3. The fraction of sp³-hybridized carbons (Fsp3) is 0.474. The first-order valence-corrected chi connectivity index (χ1v) is 10.2. The van der Waals surface area contributed by atoms with Crippen LogP contribution in [-0.4, -0.2) is 34.2 Å². The summed E-state index contributed by atoms with van der Waals surface area (Å²) in [6.45, 7) is 6.34. The number of aromatic nitrogens is 2. The standard InChI is InChI=1S/C19H23F3N4O4S/c1-5-6-30-18(29)13-11(4)14(15(23)27)31-17(13)24-16(28)9(2)8-26-10(3)7-12(25-26)19(20,21)22/h7,9H,5-6,8H2,1-4H3,(H2,23,27)(H,24,28). The summed E-state index contributed by atoms with van der Waals surface area (Å²) < 4.78 is 44.7. The van der Waals surface area contributed by atoms with Crippen molar-refractivity contribution in [2.24, 2.45) is 11.7 Å². The van der Waals surface area contributed by atoms with Gasteiger partial charge in [-0.2, -0.15) is 18.3 Å². The Morgan fingerprint density at radius 1 is 1.32 bits per heavy atom. The Balaban J connectivity index is 2.24. The van der Waals surface area contributed by atoms with Crippen molar-refractivity contribution < 1.29 is 32.3 Å². The van der Waals surface area contributed by atoms with Crippen molar-refractivity contribution in [3.05, 3.63) is 33.5 Å². The number of rotatable bonds is 8. The average Bonchev–Trinajstić information content (AvgIpc) is 3.19. The molecule has 31 heavy (non-hydrogen) atoms. The number of nitrogens with two attached hydrogens (primary N) is 1. The third kappa shape index (κ3) is 5.63. The number of alkyl halides is 3. The van der Waals surface area contributed by atoms with Crippen LogP contribution in [0.2, 0.25) is 0 Å². The van der Waals surface area contributed by atoms with E-state index in [2.05, 4.69) is 10.4 Å². The number of halogens is 3. The first-order valence-electron chi connectivity index (χ1n) is 9.39. The summed E-state index contributed by atoms with van der Waals surface area (Å²) in [5.41, 5.74) is 4.87. The first kappa shape index (κ1) is 24.4. The van der Waals surface area contributed by atoms with Crippen LogP contribution in [0.1, 0.15) is 57.2 Å². The number of esters is 1. The summed E-state index contributed by atoms with van der Waals surface area (Å²) in [4.78, 5) is 36.9. The molecule has 2 heterocycles. The van der Waals surface area contributed by atoms with Crippen molar-refractivity contribution in [1.82, 2.24) is 9.78 Å². The Morgan fingerprint density at radius 2 is 1.97 bits per heavy atom. The van der Waals surface area contributed by atoms with Crippen molar-refractivity contribution in [1.29, 1.82) is 0 Å². The molecule has 0 aliphatic heterocycles. The van der Waals surface area contributed by atoms with Crippen molar-refractivity contribution in [3.8, 4) is 0 Å². The van der Waals surface area contributed by atoms with Crippen molar-refractivity contribution >= 4 is 34.1 Å². The predicted octanol–water partition coefficient (Wildman–Crippen LogP) is 3.52. The van der Waals surface area contributed by atoms with Gasteiger partial charge in [-0.05, 0) is 31.9 Å².